The first kappa shape index (κ1) is 16.0. The molecule has 2 aromatic heterocycles. The van der Waals surface area contributed by atoms with Gasteiger partial charge in [-0.3, -0.25) is 9.67 Å². The molecule has 0 aromatic carbocycles. The summed E-state index contributed by atoms with van der Waals surface area (Å²) in [6, 6.07) is 2.13. The highest BCUT2D eigenvalue weighted by Crippen LogP contribution is 2.29. The van der Waals surface area contributed by atoms with Gasteiger partial charge in [-0.1, -0.05) is 24.6 Å². The first-order chi connectivity index (χ1) is 10.1. The zero-order valence-corrected chi connectivity index (χ0v) is 13.9. The van der Waals surface area contributed by atoms with Crippen LogP contribution in [0.25, 0.3) is 0 Å². The lowest BCUT2D eigenvalue weighted by Crippen LogP contribution is -2.27. The second-order valence-corrected chi connectivity index (χ2v) is 5.70. The topological polar surface area (TPSA) is 42.7 Å². The first-order valence-corrected chi connectivity index (χ1v) is 7.84. The summed E-state index contributed by atoms with van der Waals surface area (Å²) in [6.07, 6.45) is 4.67. The Labute approximate surface area is 131 Å². The Hall–Kier alpha value is -1.39. The van der Waals surface area contributed by atoms with E-state index in [1.54, 1.807) is 6.20 Å². The molecule has 21 heavy (non-hydrogen) atoms. The molecule has 114 valence electrons. The molecule has 1 atom stereocenters. The second kappa shape index (κ2) is 7.05. The van der Waals surface area contributed by atoms with Crippen molar-refractivity contribution in [2.24, 2.45) is 0 Å². The van der Waals surface area contributed by atoms with E-state index in [1.165, 1.54) is 11.1 Å². The third kappa shape index (κ3) is 3.44. The average Bonchev–Trinajstić information content (AvgIpc) is 2.82. The zero-order valence-electron chi connectivity index (χ0n) is 13.2. The van der Waals surface area contributed by atoms with Gasteiger partial charge in [0.1, 0.15) is 0 Å². The van der Waals surface area contributed by atoms with Crippen LogP contribution >= 0.6 is 11.6 Å². The van der Waals surface area contributed by atoms with Crippen molar-refractivity contribution in [2.45, 2.75) is 46.7 Å². The summed E-state index contributed by atoms with van der Waals surface area (Å²) in [5.74, 6) is 0. The summed E-state index contributed by atoms with van der Waals surface area (Å²) in [6.45, 7) is 10.1. The van der Waals surface area contributed by atoms with E-state index in [1.807, 2.05) is 10.9 Å². The van der Waals surface area contributed by atoms with Crippen molar-refractivity contribution in [1.82, 2.24) is 20.1 Å². The molecular weight excluding hydrogens is 284 g/mol. The number of hydrogen-bond donors (Lipinski definition) is 1. The first-order valence-electron chi connectivity index (χ1n) is 7.46. The minimum absolute atomic E-state index is 0.0273. The molecule has 1 unspecified atom stereocenters. The average molecular weight is 307 g/mol. The molecule has 0 aliphatic heterocycles. The summed E-state index contributed by atoms with van der Waals surface area (Å²) in [7, 11) is 0. The standard InChI is InChI=1S/C16H23ClN4/c1-5-7-18-15(14-12(4)8-11(3)9-19-14)16-13(17)10-20-21(16)6-2/h8-10,15,18H,5-7H2,1-4H3. The highest BCUT2D eigenvalue weighted by atomic mass is 35.5. The predicted molar refractivity (Wildman–Crippen MR) is 86.8 cm³/mol. The summed E-state index contributed by atoms with van der Waals surface area (Å²) in [5, 5.41) is 8.60. The molecule has 0 aliphatic rings. The Bertz CT molecular complexity index is 606. The lowest BCUT2D eigenvalue weighted by molar-refractivity contribution is 0.520. The Morgan fingerprint density at radius 2 is 2.05 bits per heavy atom. The number of pyridine rings is 1. The van der Waals surface area contributed by atoms with E-state index >= 15 is 0 Å². The van der Waals surface area contributed by atoms with Gasteiger partial charge >= 0.3 is 0 Å². The van der Waals surface area contributed by atoms with E-state index in [9.17, 15) is 0 Å². The highest BCUT2D eigenvalue weighted by molar-refractivity contribution is 6.31. The maximum Gasteiger partial charge on any atom is 0.0939 e. The molecule has 2 aromatic rings. The summed E-state index contributed by atoms with van der Waals surface area (Å²) >= 11 is 6.38. The normalized spacial score (nSPS) is 12.6. The van der Waals surface area contributed by atoms with Crippen LogP contribution in [0.4, 0.5) is 0 Å². The number of hydrogen-bond acceptors (Lipinski definition) is 3. The van der Waals surface area contributed by atoms with Crippen LogP contribution in [0.2, 0.25) is 5.02 Å². The number of nitrogens with zero attached hydrogens (tertiary/aromatic N) is 3. The SMILES string of the molecule is CCCNC(c1ncc(C)cc1C)c1c(Cl)cnn1CC. The van der Waals surface area contributed by atoms with Gasteiger partial charge in [-0.05, 0) is 44.9 Å². The van der Waals surface area contributed by atoms with E-state index in [-0.39, 0.29) is 6.04 Å². The van der Waals surface area contributed by atoms with Crippen LogP contribution in [-0.4, -0.2) is 21.3 Å². The highest BCUT2D eigenvalue weighted by Gasteiger charge is 2.23. The molecule has 0 amide bonds. The monoisotopic (exact) mass is 306 g/mol. The quantitative estimate of drug-likeness (QED) is 0.885. The predicted octanol–water partition coefficient (Wildman–Crippen LogP) is 3.66. The minimum Gasteiger partial charge on any atom is -0.304 e. The largest absolute Gasteiger partial charge is 0.304 e. The molecule has 0 spiro atoms. The van der Waals surface area contributed by atoms with E-state index in [0.29, 0.717) is 5.02 Å². The maximum absolute atomic E-state index is 6.38. The molecule has 1 N–H and O–H groups in total. The Balaban J connectivity index is 2.49. The molecule has 4 nitrogen and oxygen atoms in total. The van der Waals surface area contributed by atoms with E-state index in [0.717, 1.165) is 30.9 Å². The van der Waals surface area contributed by atoms with Crippen LogP contribution in [0.5, 0.6) is 0 Å². The minimum atomic E-state index is -0.0273. The van der Waals surface area contributed by atoms with Gasteiger partial charge in [0.25, 0.3) is 0 Å². The van der Waals surface area contributed by atoms with Crippen LogP contribution in [0, 0.1) is 13.8 Å². The van der Waals surface area contributed by atoms with Crippen molar-refractivity contribution in [3.8, 4) is 0 Å². The third-order valence-electron chi connectivity index (χ3n) is 3.53. The van der Waals surface area contributed by atoms with Crippen LogP contribution in [-0.2, 0) is 6.54 Å². The van der Waals surface area contributed by atoms with Gasteiger partial charge in [0.15, 0.2) is 0 Å². The summed E-state index contributed by atoms with van der Waals surface area (Å²) in [4.78, 5) is 4.64. The molecule has 0 bridgehead atoms. The number of aromatic nitrogens is 3. The van der Waals surface area contributed by atoms with Gasteiger partial charge in [0, 0.05) is 12.7 Å². The number of aryl methyl sites for hydroxylation is 3. The molecule has 0 fully saturated rings. The number of rotatable bonds is 6. The molecule has 0 saturated carbocycles. The van der Waals surface area contributed by atoms with Crippen molar-refractivity contribution < 1.29 is 0 Å². The fraction of sp³-hybridized carbons (Fsp3) is 0.500. The van der Waals surface area contributed by atoms with Crippen molar-refractivity contribution in [1.29, 1.82) is 0 Å². The van der Waals surface area contributed by atoms with Crippen molar-refractivity contribution in [2.75, 3.05) is 6.54 Å². The van der Waals surface area contributed by atoms with Crippen LogP contribution in [0.3, 0.4) is 0 Å². The molecule has 0 aliphatic carbocycles. The van der Waals surface area contributed by atoms with Crippen LogP contribution in [0.1, 0.15) is 48.8 Å². The summed E-state index contributed by atoms with van der Waals surface area (Å²) < 4.78 is 1.94. The summed E-state index contributed by atoms with van der Waals surface area (Å²) in [5.41, 5.74) is 4.35. The molecule has 0 radical (unpaired) electrons. The molecule has 0 saturated heterocycles. The number of nitrogens with one attached hydrogen (secondary N) is 1. The molecular formula is C16H23ClN4. The lowest BCUT2D eigenvalue weighted by Gasteiger charge is -2.21. The molecule has 2 heterocycles. The van der Waals surface area contributed by atoms with Crippen molar-refractivity contribution >= 4 is 11.6 Å². The fourth-order valence-electron chi connectivity index (χ4n) is 2.55. The fourth-order valence-corrected chi connectivity index (χ4v) is 2.80. The van der Waals surface area contributed by atoms with Gasteiger partial charge < -0.3 is 5.32 Å². The zero-order chi connectivity index (χ0) is 15.4. The smallest absolute Gasteiger partial charge is 0.0939 e. The van der Waals surface area contributed by atoms with Gasteiger partial charge in [-0.15, -0.1) is 0 Å². The van der Waals surface area contributed by atoms with Gasteiger partial charge in [0.2, 0.25) is 0 Å². The molecule has 2 rings (SSSR count). The maximum atomic E-state index is 6.38. The van der Waals surface area contributed by atoms with Crippen molar-refractivity contribution in [3.63, 3.8) is 0 Å². The van der Waals surface area contributed by atoms with E-state index < -0.39 is 0 Å². The van der Waals surface area contributed by atoms with Crippen molar-refractivity contribution in [3.05, 3.63) is 46.0 Å². The van der Waals surface area contributed by atoms with E-state index in [2.05, 4.69) is 49.2 Å². The van der Waals surface area contributed by atoms with Gasteiger partial charge in [-0.2, -0.15) is 5.10 Å². The van der Waals surface area contributed by atoms with Crippen LogP contribution in [0.15, 0.2) is 18.5 Å². The Morgan fingerprint density at radius 1 is 1.29 bits per heavy atom. The molecule has 5 heteroatoms. The number of halogens is 1. The van der Waals surface area contributed by atoms with Gasteiger partial charge in [0.05, 0.1) is 28.6 Å². The Morgan fingerprint density at radius 3 is 2.67 bits per heavy atom. The van der Waals surface area contributed by atoms with Gasteiger partial charge in [-0.25, -0.2) is 0 Å². The lowest BCUT2D eigenvalue weighted by atomic mass is 10.0. The van der Waals surface area contributed by atoms with E-state index in [4.69, 9.17) is 11.6 Å². The van der Waals surface area contributed by atoms with Crippen LogP contribution < -0.4 is 5.32 Å². The second-order valence-electron chi connectivity index (χ2n) is 5.30. The Kier molecular flexibility index (Phi) is 5.37. The third-order valence-corrected chi connectivity index (χ3v) is 3.82.